The van der Waals surface area contributed by atoms with Crippen LogP contribution in [0.4, 0.5) is 0 Å². The van der Waals surface area contributed by atoms with Crippen molar-refractivity contribution in [3.8, 4) is 0 Å². The number of carbonyl (C=O) groups excluding carboxylic acids is 2. The summed E-state index contributed by atoms with van der Waals surface area (Å²) >= 11 is 0. The molecule has 1 aliphatic rings. The Kier molecular flexibility index (Phi) is 5.84. The molecule has 1 aliphatic heterocycles. The molecule has 1 aromatic rings. The fourth-order valence-corrected chi connectivity index (χ4v) is 4.68. The number of sulfonamides is 1. The summed E-state index contributed by atoms with van der Waals surface area (Å²) in [5.74, 6) is -0.859. The van der Waals surface area contributed by atoms with Crippen molar-refractivity contribution >= 4 is 21.9 Å². The molecule has 0 unspecified atom stereocenters. The predicted octanol–water partition coefficient (Wildman–Crippen LogP) is 1.38. The highest BCUT2D eigenvalue weighted by Crippen LogP contribution is 2.26. The normalized spacial score (nSPS) is 23.0. The molecule has 1 fully saturated rings. The van der Waals surface area contributed by atoms with Crippen LogP contribution in [0.25, 0.3) is 0 Å². The van der Waals surface area contributed by atoms with Gasteiger partial charge in [0.2, 0.25) is 10.0 Å². The average molecular weight is 368 g/mol. The number of hydrogen-bond donors (Lipinski definition) is 1. The van der Waals surface area contributed by atoms with E-state index >= 15 is 0 Å². The van der Waals surface area contributed by atoms with Crippen LogP contribution in [0.2, 0.25) is 0 Å². The summed E-state index contributed by atoms with van der Waals surface area (Å²) < 4.78 is 31.9. The summed E-state index contributed by atoms with van der Waals surface area (Å²) in [5.41, 5.74) is 5.21. The largest absolute Gasteiger partial charge is 0.449 e. The third kappa shape index (κ3) is 4.58. The second kappa shape index (κ2) is 7.53. The van der Waals surface area contributed by atoms with Crippen LogP contribution < -0.4 is 5.73 Å². The Morgan fingerprint density at radius 3 is 2.16 bits per heavy atom. The molecule has 1 aromatic carbocycles. The van der Waals surface area contributed by atoms with Crippen LogP contribution in [0.15, 0.2) is 29.2 Å². The van der Waals surface area contributed by atoms with E-state index < -0.39 is 28.0 Å². The molecule has 0 spiro atoms. The number of amides is 1. The van der Waals surface area contributed by atoms with Crippen LogP contribution in [0, 0.1) is 11.8 Å². The lowest BCUT2D eigenvalue weighted by Crippen LogP contribution is -2.42. The summed E-state index contributed by atoms with van der Waals surface area (Å²) in [7, 11) is -3.60. The predicted molar refractivity (Wildman–Crippen MR) is 92.2 cm³/mol. The van der Waals surface area contributed by atoms with Gasteiger partial charge in [-0.3, -0.25) is 4.79 Å². The van der Waals surface area contributed by atoms with Crippen molar-refractivity contribution in [2.24, 2.45) is 17.6 Å². The Hall–Kier alpha value is -1.93. The summed E-state index contributed by atoms with van der Waals surface area (Å²) in [6.45, 7) is 6.44. The van der Waals surface area contributed by atoms with E-state index in [1.807, 2.05) is 13.8 Å². The monoisotopic (exact) mass is 368 g/mol. The van der Waals surface area contributed by atoms with E-state index in [0.29, 0.717) is 24.9 Å². The van der Waals surface area contributed by atoms with Crippen LogP contribution in [0.5, 0.6) is 0 Å². The molecule has 0 aromatic heterocycles. The molecule has 8 heteroatoms. The van der Waals surface area contributed by atoms with Crippen molar-refractivity contribution < 1.29 is 22.7 Å². The van der Waals surface area contributed by atoms with Gasteiger partial charge in [0.05, 0.1) is 10.5 Å². The van der Waals surface area contributed by atoms with Gasteiger partial charge in [0.25, 0.3) is 5.91 Å². The highest BCUT2D eigenvalue weighted by molar-refractivity contribution is 7.89. The molecular weight excluding hydrogens is 344 g/mol. The van der Waals surface area contributed by atoms with Crippen molar-refractivity contribution in [2.45, 2.75) is 38.2 Å². The number of hydrogen-bond acceptors (Lipinski definition) is 5. The van der Waals surface area contributed by atoms with Gasteiger partial charge in [0, 0.05) is 13.1 Å². The van der Waals surface area contributed by atoms with Gasteiger partial charge < -0.3 is 10.5 Å². The van der Waals surface area contributed by atoms with Gasteiger partial charge in [-0.15, -0.1) is 0 Å². The molecule has 3 atom stereocenters. The van der Waals surface area contributed by atoms with E-state index in [1.165, 1.54) is 35.5 Å². The molecule has 1 heterocycles. The lowest BCUT2D eigenvalue weighted by atomic mass is 9.94. The zero-order valence-corrected chi connectivity index (χ0v) is 15.5. The molecule has 0 bridgehead atoms. The third-order valence-corrected chi connectivity index (χ3v) is 6.09. The molecule has 7 nitrogen and oxygen atoms in total. The van der Waals surface area contributed by atoms with Gasteiger partial charge in [0.15, 0.2) is 6.10 Å². The van der Waals surface area contributed by atoms with Gasteiger partial charge in [-0.05, 0) is 49.4 Å². The number of esters is 1. The second-order valence-electron chi connectivity index (χ2n) is 6.74. The number of benzene rings is 1. The number of carbonyl (C=O) groups is 2. The molecule has 0 radical (unpaired) electrons. The fourth-order valence-electron chi connectivity index (χ4n) is 3.00. The first-order valence-electron chi connectivity index (χ1n) is 8.21. The van der Waals surface area contributed by atoms with Crippen molar-refractivity contribution in [1.82, 2.24) is 4.31 Å². The number of rotatable bonds is 5. The van der Waals surface area contributed by atoms with Gasteiger partial charge >= 0.3 is 5.97 Å². The van der Waals surface area contributed by atoms with Gasteiger partial charge in [-0.25, -0.2) is 13.2 Å². The number of primary amides is 1. The Morgan fingerprint density at radius 1 is 1.16 bits per heavy atom. The minimum Gasteiger partial charge on any atom is -0.449 e. The quantitative estimate of drug-likeness (QED) is 0.790. The Morgan fingerprint density at radius 2 is 1.68 bits per heavy atom. The lowest BCUT2D eigenvalue weighted by Gasteiger charge is -2.34. The Bertz CT molecular complexity index is 735. The van der Waals surface area contributed by atoms with Crippen molar-refractivity contribution in [3.63, 3.8) is 0 Å². The van der Waals surface area contributed by atoms with Crippen molar-refractivity contribution in [2.75, 3.05) is 13.1 Å². The van der Waals surface area contributed by atoms with Gasteiger partial charge in [-0.2, -0.15) is 4.31 Å². The van der Waals surface area contributed by atoms with E-state index in [9.17, 15) is 18.0 Å². The molecule has 1 amide bonds. The zero-order chi connectivity index (χ0) is 18.8. The van der Waals surface area contributed by atoms with Gasteiger partial charge in [0.1, 0.15) is 0 Å². The average Bonchev–Trinajstić information content (AvgIpc) is 2.53. The van der Waals surface area contributed by atoms with Crippen molar-refractivity contribution in [3.05, 3.63) is 29.8 Å². The summed E-state index contributed by atoms with van der Waals surface area (Å²) in [5, 5.41) is 0. The van der Waals surface area contributed by atoms with E-state index in [-0.39, 0.29) is 10.5 Å². The second-order valence-corrected chi connectivity index (χ2v) is 8.68. The lowest BCUT2D eigenvalue weighted by molar-refractivity contribution is -0.125. The van der Waals surface area contributed by atoms with Crippen LogP contribution in [0.3, 0.4) is 0 Å². The van der Waals surface area contributed by atoms with Crippen LogP contribution in [-0.2, 0) is 19.6 Å². The molecule has 2 N–H and O–H groups in total. The fraction of sp³-hybridized carbons (Fsp3) is 0.529. The SMILES string of the molecule is C[C@@H]1C[C@@H](C)CN(S(=O)(=O)c2ccc(C(=O)O[C@@H](C)C(N)=O)cc2)C1. The van der Waals surface area contributed by atoms with Gasteiger partial charge in [-0.1, -0.05) is 13.8 Å². The minimum absolute atomic E-state index is 0.133. The summed E-state index contributed by atoms with van der Waals surface area (Å²) in [4.78, 5) is 23.0. The first-order chi connectivity index (χ1) is 11.6. The van der Waals surface area contributed by atoms with E-state index in [1.54, 1.807) is 0 Å². The Labute approximate surface area is 148 Å². The number of nitrogens with two attached hydrogens (primary N) is 1. The maximum atomic E-state index is 12.8. The van der Waals surface area contributed by atoms with Crippen LogP contribution >= 0.6 is 0 Å². The maximum absolute atomic E-state index is 12.8. The topological polar surface area (TPSA) is 107 Å². The molecule has 1 saturated heterocycles. The third-order valence-electron chi connectivity index (χ3n) is 4.25. The summed E-state index contributed by atoms with van der Waals surface area (Å²) in [6.07, 6.45) is -0.0401. The van der Waals surface area contributed by atoms with E-state index in [0.717, 1.165) is 6.42 Å². The van der Waals surface area contributed by atoms with E-state index in [2.05, 4.69) is 0 Å². The summed E-state index contributed by atoms with van der Waals surface area (Å²) in [6, 6.07) is 5.51. The smallest absolute Gasteiger partial charge is 0.338 e. The molecule has 2 rings (SSSR count). The van der Waals surface area contributed by atoms with E-state index in [4.69, 9.17) is 10.5 Å². The molecule has 0 aliphatic carbocycles. The first-order valence-corrected chi connectivity index (χ1v) is 9.65. The number of piperidine rings is 1. The maximum Gasteiger partial charge on any atom is 0.338 e. The standard InChI is InChI=1S/C17H24N2O5S/c1-11-8-12(2)10-19(9-11)25(22,23)15-6-4-14(5-7-15)17(21)24-13(3)16(18)20/h4-7,11-13H,8-10H2,1-3H3,(H2,18,20)/t11-,12-,13+/m1/s1. The van der Waals surface area contributed by atoms with Crippen LogP contribution in [0.1, 0.15) is 37.6 Å². The number of ether oxygens (including phenoxy) is 1. The highest BCUT2D eigenvalue weighted by atomic mass is 32.2. The molecule has 25 heavy (non-hydrogen) atoms. The number of nitrogens with zero attached hydrogens (tertiary/aromatic N) is 1. The first kappa shape index (κ1) is 19.4. The van der Waals surface area contributed by atoms with Crippen LogP contribution in [-0.4, -0.2) is 43.8 Å². The molecule has 0 saturated carbocycles. The molecular formula is C17H24N2O5S. The Balaban J connectivity index is 2.15. The minimum atomic E-state index is -3.60. The van der Waals surface area contributed by atoms with Crippen molar-refractivity contribution in [1.29, 1.82) is 0 Å². The highest BCUT2D eigenvalue weighted by Gasteiger charge is 2.31. The zero-order valence-electron chi connectivity index (χ0n) is 14.6. The molecule has 138 valence electrons.